The summed E-state index contributed by atoms with van der Waals surface area (Å²) in [5.74, 6) is 0.477. The largest absolute Gasteiger partial charge is 0.334 e. The third-order valence-corrected chi connectivity index (χ3v) is 8.40. The Balaban J connectivity index is 1.14. The quantitative estimate of drug-likeness (QED) is 0.235. The molecule has 2 heteroatoms. The van der Waals surface area contributed by atoms with Crippen molar-refractivity contribution in [2.24, 2.45) is 0 Å². The van der Waals surface area contributed by atoms with Crippen LogP contribution in [0.1, 0.15) is 17.9 Å². The molecule has 2 aliphatic rings. The van der Waals surface area contributed by atoms with E-state index in [2.05, 4.69) is 155 Å². The predicted molar refractivity (Wildman–Crippen MR) is 164 cm³/mol. The van der Waals surface area contributed by atoms with E-state index in [0.717, 1.165) is 6.42 Å². The molecule has 6 aromatic rings. The Morgan fingerprint density at radius 2 is 1.08 bits per heavy atom. The van der Waals surface area contributed by atoms with Gasteiger partial charge >= 0.3 is 0 Å². The van der Waals surface area contributed by atoms with Gasteiger partial charge in [0.05, 0.1) is 17.1 Å². The Kier molecular flexibility index (Phi) is 5.06. The molecule has 2 bridgehead atoms. The highest BCUT2D eigenvalue weighted by atomic mass is 15.2. The first kappa shape index (κ1) is 22.2. The molecule has 2 heterocycles. The summed E-state index contributed by atoms with van der Waals surface area (Å²) in [4.78, 5) is 2.50. The van der Waals surface area contributed by atoms with E-state index in [9.17, 15) is 0 Å². The van der Waals surface area contributed by atoms with Crippen LogP contribution in [-0.4, -0.2) is 10.6 Å². The molecule has 1 aromatic heterocycles. The molecule has 5 aromatic carbocycles. The van der Waals surface area contributed by atoms with Crippen LogP contribution in [0.5, 0.6) is 0 Å². The molecular formula is C37H28N2. The summed E-state index contributed by atoms with van der Waals surface area (Å²) in [7, 11) is 0. The summed E-state index contributed by atoms with van der Waals surface area (Å²) < 4.78 is 2.37. The fraction of sp³-hybridized carbons (Fsp3) is 0.0811. The fourth-order valence-corrected chi connectivity index (χ4v) is 6.58. The van der Waals surface area contributed by atoms with Gasteiger partial charge in [0.2, 0.25) is 0 Å². The Labute approximate surface area is 228 Å². The van der Waals surface area contributed by atoms with E-state index in [1.165, 1.54) is 55.6 Å². The zero-order valence-corrected chi connectivity index (χ0v) is 21.6. The van der Waals surface area contributed by atoms with Crippen molar-refractivity contribution in [2.75, 3.05) is 4.90 Å². The maximum atomic E-state index is 2.50. The van der Waals surface area contributed by atoms with Crippen molar-refractivity contribution in [2.45, 2.75) is 18.4 Å². The van der Waals surface area contributed by atoms with Crippen LogP contribution in [0.3, 0.4) is 0 Å². The van der Waals surface area contributed by atoms with Crippen LogP contribution in [0, 0.1) is 0 Å². The summed E-state index contributed by atoms with van der Waals surface area (Å²) in [6.45, 7) is 0. The maximum Gasteiger partial charge on any atom is 0.0541 e. The molecule has 0 saturated heterocycles. The van der Waals surface area contributed by atoms with Crippen molar-refractivity contribution in [3.63, 3.8) is 0 Å². The molecule has 39 heavy (non-hydrogen) atoms. The van der Waals surface area contributed by atoms with Gasteiger partial charge in [-0.05, 0) is 65.6 Å². The molecule has 2 atom stereocenters. The molecule has 0 spiro atoms. The fourth-order valence-electron chi connectivity index (χ4n) is 6.58. The van der Waals surface area contributed by atoms with Crippen LogP contribution in [0.25, 0.3) is 38.6 Å². The molecule has 0 amide bonds. The first-order valence-corrected chi connectivity index (χ1v) is 13.8. The number of benzene rings is 5. The minimum atomic E-state index is 0.358. The van der Waals surface area contributed by atoms with Crippen LogP contribution < -0.4 is 4.90 Å². The topological polar surface area (TPSA) is 8.17 Å². The lowest BCUT2D eigenvalue weighted by atomic mass is 9.85. The minimum absolute atomic E-state index is 0.358. The lowest BCUT2D eigenvalue weighted by Crippen LogP contribution is -2.35. The van der Waals surface area contributed by atoms with Gasteiger partial charge in [0.1, 0.15) is 0 Å². The Morgan fingerprint density at radius 1 is 0.513 bits per heavy atom. The molecule has 0 radical (unpaired) electrons. The van der Waals surface area contributed by atoms with E-state index < -0.39 is 0 Å². The summed E-state index contributed by atoms with van der Waals surface area (Å²) >= 11 is 0. The van der Waals surface area contributed by atoms with E-state index in [1.54, 1.807) is 0 Å². The van der Waals surface area contributed by atoms with Crippen LogP contribution in [0.2, 0.25) is 0 Å². The maximum absolute atomic E-state index is 2.50. The Morgan fingerprint density at radius 3 is 1.77 bits per heavy atom. The van der Waals surface area contributed by atoms with E-state index >= 15 is 0 Å². The number of para-hydroxylation sites is 3. The van der Waals surface area contributed by atoms with Gasteiger partial charge in [-0.3, -0.25) is 0 Å². The minimum Gasteiger partial charge on any atom is -0.334 e. The smallest absolute Gasteiger partial charge is 0.0541 e. The second-order valence-electron chi connectivity index (χ2n) is 10.6. The standard InChI is InChI=1S/C37H28N2/c1-2-10-31-25-28(9-1)32-11-3-6-14-35(32)38(31)29-21-17-26(18-22-29)27-19-23-30(24-20-27)39-36-15-7-4-12-33(36)34-13-5-8-16-37(34)39/h1-24,28,31H,25H2. The molecule has 0 fully saturated rings. The van der Waals surface area contributed by atoms with Gasteiger partial charge < -0.3 is 9.47 Å². The van der Waals surface area contributed by atoms with E-state index in [0.29, 0.717) is 12.0 Å². The van der Waals surface area contributed by atoms with Gasteiger partial charge in [-0.1, -0.05) is 103 Å². The molecule has 1 aliphatic carbocycles. The zero-order chi connectivity index (χ0) is 25.8. The van der Waals surface area contributed by atoms with E-state index in [4.69, 9.17) is 0 Å². The number of nitrogens with zero attached hydrogens (tertiary/aromatic N) is 2. The van der Waals surface area contributed by atoms with Crippen LogP contribution in [0.15, 0.2) is 146 Å². The molecule has 1 aliphatic heterocycles. The second-order valence-corrected chi connectivity index (χ2v) is 10.6. The number of hydrogen-bond donors (Lipinski definition) is 0. The van der Waals surface area contributed by atoms with Crippen molar-refractivity contribution in [1.82, 2.24) is 4.57 Å². The lowest BCUT2D eigenvalue weighted by Gasteiger charge is -2.40. The van der Waals surface area contributed by atoms with Crippen LogP contribution in [0.4, 0.5) is 11.4 Å². The van der Waals surface area contributed by atoms with Crippen molar-refractivity contribution < 1.29 is 0 Å². The van der Waals surface area contributed by atoms with Gasteiger partial charge in [-0.25, -0.2) is 0 Å². The van der Waals surface area contributed by atoms with Crippen molar-refractivity contribution in [3.05, 3.63) is 151 Å². The van der Waals surface area contributed by atoms with Crippen molar-refractivity contribution in [1.29, 1.82) is 0 Å². The molecule has 186 valence electrons. The normalized spacial score (nSPS) is 17.9. The Bertz CT molecular complexity index is 1830. The highest BCUT2D eigenvalue weighted by Crippen LogP contribution is 2.44. The highest BCUT2D eigenvalue weighted by molar-refractivity contribution is 6.09. The van der Waals surface area contributed by atoms with Crippen molar-refractivity contribution in [3.8, 4) is 16.8 Å². The first-order valence-electron chi connectivity index (χ1n) is 13.8. The predicted octanol–water partition coefficient (Wildman–Crippen LogP) is 9.57. The molecular weight excluding hydrogens is 472 g/mol. The highest BCUT2D eigenvalue weighted by Gasteiger charge is 2.31. The Hall–Kier alpha value is -4.82. The summed E-state index contributed by atoms with van der Waals surface area (Å²) in [5.41, 5.74) is 10.1. The number of aromatic nitrogens is 1. The van der Waals surface area contributed by atoms with Gasteiger partial charge in [0.25, 0.3) is 0 Å². The van der Waals surface area contributed by atoms with Crippen LogP contribution in [-0.2, 0) is 0 Å². The zero-order valence-electron chi connectivity index (χ0n) is 21.6. The molecule has 2 unspecified atom stereocenters. The van der Waals surface area contributed by atoms with Crippen LogP contribution >= 0.6 is 0 Å². The average molecular weight is 501 g/mol. The van der Waals surface area contributed by atoms with Crippen molar-refractivity contribution >= 4 is 33.2 Å². The SMILES string of the molecule is C1=CC2CC(C=C1)N(c1ccc(-c3ccc(-n4c5ccccc5c5ccccc54)cc3)cc1)c1ccccc12. The average Bonchev–Trinajstić information content (AvgIpc) is 3.19. The summed E-state index contributed by atoms with van der Waals surface area (Å²) in [6.07, 6.45) is 10.2. The van der Waals surface area contributed by atoms with Gasteiger partial charge in [-0.15, -0.1) is 0 Å². The molecule has 2 nitrogen and oxygen atoms in total. The molecule has 0 N–H and O–H groups in total. The van der Waals surface area contributed by atoms with E-state index in [1.807, 2.05) is 0 Å². The van der Waals surface area contributed by atoms with Gasteiger partial charge in [0.15, 0.2) is 0 Å². The third-order valence-electron chi connectivity index (χ3n) is 8.40. The number of rotatable bonds is 3. The summed E-state index contributed by atoms with van der Waals surface area (Å²) in [6, 6.07) is 44.6. The molecule has 0 saturated carbocycles. The number of fused-ring (bicyclic) bond motifs is 7. The van der Waals surface area contributed by atoms with Gasteiger partial charge in [0, 0.05) is 33.8 Å². The number of hydrogen-bond acceptors (Lipinski definition) is 1. The molecule has 8 rings (SSSR count). The first-order chi connectivity index (χ1) is 19.3. The third kappa shape index (κ3) is 3.56. The summed E-state index contributed by atoms with van der Waals surface area (Å²) in [5, 5.41) is 2.58. The second kappa shape index (κ2) is 8.89. The number of allylic oxidation sites excluding steroid dienone is 3. The van der Waals surface area contributed by atoms with E-state index in [-0.39, 0.29) is 0 Å². The number of anilines is 2. The van der Waals surface area contributed by atoms with Gasteiger partial charge in [-0.2, -0.15) is 0 Å². The lowest BCUT2D eigenvalue weighted by molar-refractivity contribution is 0.620. The monoisotopic (exact) mass is 500 g/mol.